The number of halogens is 1. The number of nitrogens with zero attached hydrogens (tertiary/aromatic N) is 2. The molecular formula is C13H16FN3O3. The molecule has 1 fully saturated rings. The lowest BCUT2D eigenvalue weighted by Gasteiger charge is -2.20. The van der Waals surface area contributed by atoms with Gasteiger partial charge in [-0.05, 0) is 18.9 Å². The average molecular weight is 281 g/mol. The Hall–Kier alpha value is -2.18. The SMILES string of the molecule is O=C(Nc1cc(F)cc([N+](=O)[O-])c1)N1CCCCCC1. The first-order valence-electron chi connectivity index (χ1n) is 6.57. The summed E-state index contributed by atoms with van der Waals surface area (Å²) in [5, 5.41) is 13.2. The molecule has 2 amide bonds. The molecule has 108 valence electrons. The molecule has 0 radical (unpaired) electrons. The summed E-state index contributed by atoms with van der Waals surface area (Å²) in [7, 11) is 0. The maximum atomic E-state index is 13.3. The summed E-state index contributed by atoms with van der Waals surface area (Å²) in [6.45, 7) is 1.31. The molecule has 0 bridgehead atoms. The van der Waals surface area contributed by atoms with Crippen molar-refractivity contribution in [2.24, 2.45) is 0 Å². The van der Waals surface area contributed by atoms with Crippen molar-refractivity contribution in [3.63, 3.8) is 0 Å². The maximum absolute atomic E-state index is 13.3. The zero-order valence-electron chi connectivity index (χ0n) is 11.0. The molecule has 0 spiro atoms. The van der Waals surface area contributed by atoms with Gasteiger partial charge in [0, 0.05) is 19.2 Å². The predicted octanol–water partition coefficient (Wildman–Crippen LogP) is 3.14. The smallest absolute Gasteiger partial charge is 0.321 e. The lowest BCUT2D eigenvalue weighted by atomic mass is 10.2. The first-order valence-corrected chi connectivity index (χ1v) is 6.57. The van der Waals surface area contributed by atoms with Crippen LogP contribution in [0.25, 0.3) is 0 Å². The lowest BCUT2D eigenvalue weighted by molar-refractivity contribution is -0.385. The zero-order chi connectivity index (χ0) is 14.5. The van der Waals surface area contributed by atoms with Crippen molar-refractivity contribution in [1.82, 2.24) is 4.90 Å². The van der Waals surface area contributed by atoms with E-state index in [0.717, 1.165) is 43.9 Å². The van der Waals surface area contributed by atoms with E-state index in [1.165, 1.54) is 0 Å². The van der Waals surface area contributed by atoms with Gasteiger partial charge >= 0.3 is 6.03 Å². The number of carbonyl (C=O) groups excluding carboxylic acids is 1. The van der Waals surface area contributed by atoms with Crippen molar-refractivity contribution in [2.75, 3.05) is 18.4 Å². The Kier molecular flexibility index (Phi) is 4.49. The molecule has 1 N–H and O–H groups in total. The summed E-state index contributed by atoms with van der Waals surface area (Å²) in [4.78, 5) is 23.7. The minimum Gasteiger partial charge on any atom is -0.325 e. The normalized spacial score (nSPS) is 15.6. The van der Waals surface area contributed by atoms with E-state index >= 15 is 0 Å². The van der Waals surface area contributed by atoms with Crippen LogP contribution in [0.15, 0.2) is 18.2 Å². The lowest BCUT2D eigenvalue weighted by Crippen LogP contribution is -2.35. The fraction of sp³-hybridized carbons (Fsp3) is 0.462. The van der Waals surface area contributed by atoms with E-state index in [0.29, 0.717) is 13.1 Å². The number of anilines is 1. The molecule has 1 aliphatic heterocycles. The first-order chi connectivity index (χ1) is 9.56. The van der Waals surface area contributed by atoms with E-state index in [2.05, 4.69) is 5.32 Å². The van der Waals surface area contributed by atoms with Gasteiger partial charge < -0.3 is 10.2 Å². The van der Waals surface area contributed by atoms with Crippen molar-refractivity contribution in [3.05, 3.63) is 34.1 Å². The number of benzene rings is 1. The summed E-state index contributed by atoms with van der Waals surface area (Å²) in [6.07, 6.45) is 4.07. The van der Waals surface area contributed by atoms with Gasteiger partial charge in [0.05, 0.1) is 16.7 Å². The topological polar surface area (TPSA) is 75.5 Å². The van der Waals surface area contributed by atoms with Crippen molar-refractivity contribution in [1.29, 1.82) is 0 Å². The summed E-state index contributed by atoms with van der Waals surface area (Å²) in [6, 6.07) is 2.70. The molecule has 0 aliphatic carbocycles. The number of nitro groups is 1. The number of nitrogens with one attached hydrogen (secondary N) is 1. The van der Waals surface area contributed by atoms with Crippen LogP contribution in [-0.2, 0) is 0 Å². The zero-order valence-corrected chi connectivity index (χ0v) is 11.0. The largest absolute Gasteiger partial charge is 0.325 e. The summed E-state index contributed by atoms with van der Waals surface area (Å²) in [5.41, 5.74) is -0.276. The first kappa shape index (κ1) is 14.2. The van der Waals surface area contributed by atoms with E-state index in [1.54, 1.807) is 4.90 Å². The number of nitro benzene ring substituents is 1. The van der Waals surface area contributed by atoms with Crippen LogP contribution in [0.5, 0.6) is 0 Å². The van der Waals surface area contributed by atoms with Gasteiger partial charge in [-0.25, -0.2) is 9.18 Å². The van der Waals surface area contributed by atoms with E-state index < -0.39 is 10.7 Å². The summed E-state index contributed by atoms with van der Waals surface area (Å²) < 4.78 is 13.3. The van der Waals surface area contributed by atoms with Crippen LogP contribution in [0.3, 0.4) is 0 Å². The van der Waals surface area contributed by atoms with E-state index in [-0.39, 0.29) is 17.4 Å². The van der Waals surface area contributed by atoms with Gasteiger partial charge in [0.1, 0.15) is 5.82 Å². The van der Waals surface area contributed by atoms with Gasteiger partial charge in [0.25, 0.3) is 5.69 Å². The Balaban J connectivity index is 2.08. The number of hydrogen-bond donors (Lipinski definition) is 1. The van der Waals surface area contributed by atoms with Gasteiger partial charge in [-0.15, -0.1) is 0 Å². The Morgan fingerprint density at radius 1 is 1.20 bits per heavy atom. The third-order valence-electron chi connectivity index (χ3n) is 3.24. The molecule has 20 heavy (non-hydrogen) atoms. The quantitative estimate of drug-likeness (QED) is 0.668. The third kappa shape index (κ3) is 3.66. The van der Waals surface area contributed by atoms with Gasteiger partial charge in [-0.2, -0.15) is 0 Å². The van der Waals surface area contributed by atoms with Crippen molar-refractivity contribution in [2.45, 2.75) is 25.7 Å². The number of hydrogen-bond acceptors (Lipinski definition) is 3. The molecule has 0 saturated carbocycles. The minimum atomic E-state index is -0.745. The molecule has 1 aliphatic rings. The maximum Gasteiger partial charge on any atom is 0.321 e. The Bertz CT molecular complexity index is 514. The van der Waals surface area contributed by atoms with Crippen molar-refractivity contribution in [3.8, 4) is 0 Å². The molecule has 1 aromatic carbocycles. The number of urea groups is 1. The standard InChI is InChI=1S/C13H16FN3O3/c14-10-7-11(9-12(8-10)17(19)20)15-13(18)16-5-3-1-2-4-6-16/h7-9H,1-6H2,(H,15,18). The van der Waals surface area contributed by atoms with Crippen molar-refractivity contribution >= 4 is 17.4 Å². The predicted molar refractivity (Wildman–Crippen MR) is 72.1 cm³/mol. The highest BCUT2D eigenvalue weighted by atomic mass is 19.1. The number of non-ortho nitro benzene ring substituents is 1. The summed E-state index contributed by atoms with van der Waals surface area (Å²) in [5.74, 6) is -0.745. The third-order valence-corrected chi connectivity index (χ3v) is 3.24. The van der Waals surface area contributed by atoms with Crippen LogP contribution < -0.4 is 5.32 Å². The minimum absolute atomic E-state index is 0.103. The van der Waals surface area contributed by atoms with Crippen LogP contribution >= 0.6 is 0 Å². The molecular weight excluding hydrogens is 265 g/mol. The van der Waals surface area contributed by atoms with Gasteiger partial charge in [0.2, 0.25) is 0 Å². The second-order valence-electron chi connectivity index (χ2n) is 4.79. The van der Waals surface area contributed by atoms with E-state index in [4.69, 9.17) is 0 Å². The summed E-state index contributed by atoms with van der Waals surface area (Å²) >= 11 is 0. The molecule has 1 saturated heterocycles. The highest BCUT2D eigenvalue weighted by molar-refractivity contribution is 5.89. The highest BCUT2D eigenvalue weighted by Gasteiger charge is 2.17. The highest BCUT2D eigenvalue weighted by Crippen LogP contribution is 2.20. The number of rotatable bonds is 2. The van der Waals surface area contributed by atoms with Crippen LogP contribution in [0.4, 0.5) is 20.6 Å². The second-order valence-corrected chi connectivity index (χ2v) is 4.79. The van der Waals surface area contributed by atoms with Crippen LogP contribution in [0.1, 0.15) is 25.7 Å². The van der Waals surface area contributed by atoms with Gasteiger partial charge in [-0.1, -0.05) is 12.8 Å². The van der Waals surface area contributed by atoms with E-state index in [9.17, 15) is 19.3 Å². The van der Waals surface area contributed by atoms with Gasteiger partial charge in [-0.3, -0.25) is 10.1 Å². The monoisotopic (exact) mass is 281 g/mol. The van der Waals surface area contributed by atoms with Crippen LogP contribution in [-0.4, -0.2) is 28.9 Å². The molecule has 0 atom stereocenters. The molecule has 7 heteroatoms. The average Bonchev–Trinajstić information content (AvgIpc) is 2.66. The second kappa shape index (κ2) is 6.31. The van der Waals surface area contributed by atoms with Crippen LogP contribution in [0, 0.1) is 15.9 Å². The molecule has 1 aromatic rings. The molecule has 6 nitrogen and oxygen atoms in total. The number of amides is 2. The Labute approximate surface area is 115 Å². The van der Waals surface area contributed by atoms with E-state index in [1.807, 2.05) is 0 Å². The van der Waals surface area contributed by atoms with Crippen molar-refractivity contribution < 1.29 is 14.1 Å². The van der Waals surface area contributed by atoms with Gasteiger partial charge in [0.15, 0.2) is 0 Å². The number of likely N-dealkylation sites (tertiary alicyclic amines) is 1. The Morgan fingerprint density at radius 2 is 1.85 bits per heavy atom. The number of carbonyl (C=O) groups is 1. The molecule has 2 rings (SSSR count). The molecule has 0 aromatic heterocycles. The molecule has 0 unspecified atom stereocenters. The van der Waals surface area contributed by atoms with Crippen LogP contribution in [0.2, 0.25) is 0 Å². The fourth-order valence-electron chi connectivity index (χ4n) is 2.23. The Morgan fingerprint density at radius 3 is 2.45 bits per heavy atom. The fourth-order valence-corrected chi connectivity index (χ4v) is 2.23. The molecule has 1 heterocycles.